The Morgan fingerprint density at radius 3 is 3.00 bits per heavy atom. The number of rotatable bonds is 6. The van der Waals surface area contributed by atoms with Crippen LogP contribution >= 0.6 is 0 Å². The maximum Gasteiger partial charge on any atom is 0.0534 e. The predicted octanol–water partition coefficient (Wildman–Crippen LogP) is 0.240. The lowest BCUT2D eigenvalue weighted by atomic mass is 10.4. The van der Waals surface area contributed by atoms with Crippen LogP contribution in [0.1, 0.15) is 6.92 Å². The van der Waals surface area contributed by atoms with E-state index in [0.29, 0.717) is 11.8 Å². The molecule has 0 bridgehead atoms. The van der Waals surface area contributed by atoms with E-state index < -0.39 is 10.8 Å². The molecule has 2 atom stereocenters. The van der Waals surface area contributed by atoms with Gasteiger partial charge in [0.15, 0.2) is 0 Å². The maximum atomic E-state index is 10.9. The smallest absolute Gasteiger partial charge is 0.0534 e. The summed E-state index contributed by atoms with van der Waals surface area (Å²) in [5.41, 5.74) is 0. The van der Waals surface area contributed by atoms with Gasteiger partial charge in [-0.2, -0.15) is 5.10 Å². The summed E-state index contributed by atoms with van der Waals surface area (Å²) in [6, 6.07) is 2.21. The van der Waals surface area contributed by atoms with Crippen molar-refractivity contribution in [3.05, 3.63) is 18.5 Å². The number of nitrogens with one attached hydrogen (secondary N) is 1. The average Bonchev–Trinajstić information content (AvgIpc) is 2.55. The summed E-state index contributed by atoms with van der Waals surface area (Å²) < 4.78 is 12.8. The second-order valence-electron chi connectivity index (χ2n) is 3.36. The lowest BCUT2D eigenvalue weighted by molar-refractivity contribution is 0.516. The Morgan fingerprint density at radius 2 is 2.43 bits per heavy atom. The molecule has 0 aliphatic carbocycles. The molecule has 0 aliphatic rings. The zero-order valence-corrected chi connectivity index (χ0v) is 9.46. The molecule has 0 aliphatic heterocycles. The van der Waals surface area contributed by atoms with Crippen LogP contribution in [0.2, 0.25) is 0 Å². The van der Waals surface area contributed by atoms with E-state index in [1.165, 1.54) is 0 Å². The van der Waals surface area contributed by atoms with E-state index >= 15 is 0 Å². The minimum absolute atomic E-state index is 0.302. The lowest BCUT2D eigenvalue weighted by Gasteiger charge is -2.11. The number of hydrogen-bond donors (Lipinski definition) is 1. The maximum absolute atomic E-state index is 10.9. The molecular formula is C9H17N3OS. The molecule has 1 rings (SSSR count). The fourth-order valence-corrected chi connectivity index (χ4v) is 2.09. The second kappa shape index (κ2) is 5.93. The molecule has 1 aromatic heterocycles. The Labute approximate surface area is 87.2 Å². The van der Waals surface area contributed by atoms with E-state index in [2.05, 4.69) is 10.4 Å². The third-order valence-electron chi connectivity index (χ3n) is 1.88. The van der Waals surface area contributed by atoms with Crippen LogP contribution in [0.3, 0.4) is 0 Å². The summed E-state index contributed by atoms with van der Waals surface area (Å²) in [5, 5.41) is 7.39. The molecule has 0 fully saturated rings. The van der Waals surface area contributed by atoms with E-state index in [-0.39, 0.29) is 0 Å². The molecule has 1 N–H and O–H groups in total. The monoisotopic (exact) mass is 215 g/mol. The van der Waals surface area contributed by atoms with Gasteiger partial charge in [0, 0.05) is 47.8 Å². The van der Waals surface area contributed by atoms with Crippen LogP contribution in [0, 0.1) is 0 Å². The van der Waals surface area contributed by atoms with Gasteiger partial charge in [0.2, 0.25) is 0 Å². The highest BCUT2D eigenvalue weighted by atomic mass is 32.2. The fraction of sp³-hybridized carbons (Fsp3) is 0.667. The summed E-state index contributed by atoms with van der Waals surface area (Å²) in [4.78, 5) is 0. The molecule has 1 aromatic rings. The van der Waals surface area contributed by atoms with Crippen molar-refractivity contribution in [1.29, 1.82) is 0 Å². The number of nitrogens with zero attached hydrogens (tertiary/aromatic N) is 2. The third kappa shape index (κ3) is 4.53. The highest BCUT2D eigenvalue weighted by Gasteiger charge is 2.02. The van der Waals surface area contributed by atoms with Crippen LogP contribution in [0.4, 0.5) is 0 Å². The van der Waals surface area contributed by atoms with Crippen molar-refractivity contribution in [1.82, 2.24) is 15.1 Å². The Morgan fingerprint density at radius 1 is 1.64 bits per heavy atom. The number of aromatic nitrogens is 2. The molecule has 0 radical (unpaired) electrons. The molecule has 4 nitrogen and oxygen atoms in total. The second-order valence-corrected chi connectivity index (χ2v) is 4.84. The molecule has 80 valence electrons. The molecule has 0 aromatic carbocycles. The van der Waals surface area contributed by atoms with Crippen LogP contribution in [-0.4, -0.2) is 38.6 Å². The molecule has 5 heteroatoms. The van der Waals surface area contributed by atoms with Crippen molar-refractivity contribution in [3.63, 3.8) is 0 Å². The highest BCUT2D eigenvalue weighted by Crippen LogP contribution is 1.87. The zero-order chi connectivity index (χ0) is 10.4. The molecule has 14 heavy (non-hydrogen) atoms. The van der Waals surface area contributed by atoms with Gasteiger partial charge in [-0.1, -0.05) is 0 Å². The van der Waals surface area contributed by atoms with Crippen molar-refractivity contribution in [2.75, 3.05) is 18.6 Å². The van der Waals surface area contributed by atoms with Gasteiger partial charge >= 0.3 is 0 Å². The first kappa shape index (κ1) is 11.4. The van der Waals surface area contributed by atoms with E-state index in [9.17, 15) is 4.21 Å². The summed E-state index contributed by atoms with van der Waals surface area (Å²) in [7, 11) is -0.721. The topological polar surface area (TPSA) is 46.9 Å². The first-order chi connectivity index (χ1) is 6.68. The molecular weight excluding hydrogens is 198 g/mol. The molecule has 1 heterocycles. The Balaban J connectivity index is 2.12. The molecule has 0 amide bonds. The van der Waals surface area contributed by atoms with Gasteiger partial charge in [0.25, 0.3) is 0 Å². The van der Waals surface area contributed by atoms with Crippen LogP contribution in [0.15, 0.2) is 18.5 Å². The normalized spacial score (nSPS) is 15.3. The first-order valence-electron chi connectivity index (χ1n) is 4.69. The lowest BCUT2D eigenvalue weighted by Crippen LogP contribution is -2.33. The Kier molecular flexibility index (Phi) is 4.82. The zero-order valence-electron chi connectivity index (χ0n) is 8.64. The number of hydrogen-bond acceptors (Lipinski definition) is 3. The van der Waals surface area contributed by atoms with Crippen molar-refractivity contribution in [2.45, 2.75) is 19.5 Å². The molecule has 0 saturated carbocycles. The standard InChI is InChI=1S/C9H17N3OS/c1-9(8-14(2)13)10-5-7-12-6-3-4-11-12/h3-4,6,9-10H,5,7-8H2,1-2H3. The minimum atomic E-state index is -0.721. The van der Waals surface area contributed by atoms with Gasteiger partial charge < -0.3 is 5.32 Å². The average molecular weight is 215 g/mol. The van der Waals surface area contributed by atoms with Crippen LogP contribution in [0.5, 0.6) is 0 Å². The Bertz CT molecular complexity index is 274. The van der Waals surface area contributed by atoms with Gasteiger partial charge in [-0.05, 0) is 13.0 Å². The molecule has 2 unspecified atom stereocenters. The van der Waals surface area contributed by atoms with Crippen LogP contribution < -0.4 is 5.32 Å². The van der Waals surface area contributed by atoms with Gasteiger partial charge in [-0.3, -0.25) is 8.89 Å². The minimum Gasteiger partial charge on any atom is -0.312 e. The Hall–Kier alpha value is -0.680. The fourth-order valence-electron chi connectivity index (χ4n) is 1.27. The van der Waals surface area contributed by atoms with E-state index in [1.807, 2.05) is 23.9 Å². The van der Waals surface area contributed by atoms with Gasteiger partial charge in [0.1, 0.15) is 0 Å². The first-order valence-corrected chi connectivity index (χ1v) is 6.42. The third-order valence-corrected chi connectivity index (χ3v) is 2.85. The summed E-state index contributed by atoms with van der Waals surface area (Å²) in [5.74, 6) is 0.707. The van der Waals surface area contributed by atoms with Gasteiger partial charge in [-0.25, -0.2) is 0 Å². The largest absolute Gasteiger partial charge is 0.312 e. The van der Waals surface area contributed by atoms with Gasteiger partial charge in [0.05, 0.1) is 6.54 Å². The van der Waals surface area contributed by atoms with Crippen molar-refractivity contribution in [3.8, 4) is 0 Å². The molecule has 0 saturated heterocycles. The van der Waals surface area contributed by atoms with Crippen LogP contribution in [-0.2, 0) is 17.3 Å². The van der Waals surface area contributed by atoms with Crippen molar-refractivity contribution in [2.24, 2.45) is 0 Å². The van der Waals surface area contributed by atoms with E-state index in [4.69, 9.17) is 0 Å². The van der Waals surface area contributed by atoms with Crippen LogP contribution in [0.25, 0.3) is 0 Å². The highest BCUT2D eigenvalue weighted by molar-refractivity contribution is 7.84. The van der Waals surface area contributed by atoms with E-state index in [1.54, 1.807) is 12.5 Å². The summed E-state index contributed by atoms with van der Waals surface area (Å²) in [6.07, 6.45) is 5.43. The predicted molar refractivity (Wildman–Crippen MR) is 58.6 cm³/mol. The quantitative estimate of drug-likeness (QED) is 0.739. The van der Waals surface area contributed by atoms with E-state index in [0.717, 1.165) is 13.1 Å². The van der Waals surface area contributed by atoms with Gasteiger partial charge in [-0.15, -0.1) is 0 Å². The molecule has 0 spiro atoms. The SMILES string of the molecule is CC(CS(C)=O)NCCn1cccn1. The summed E-state index contributed by atoms with van der Waals surface area (Å²) >= 11 is 0. The van der Waals surface area contributed by atoms with Crippen molar-refractivity contribution >= 4 is 10.8 Å². The summed E-state index contributed by atoms with van der Waals surface area (Å²) in [6.45, 7) is 3.76. The van der Waals surface area contributed by atoms with Crippen molar-refractivity contribution < 1.29 is 4.21 Å².